The molecule has 1 aromatic heterocycles. The lowest BCUT2D eigenvalue weighted by Crippen LogP contribution is -2.40. The van der Waals surface area contributed by atoms with Crippen molar-refractivity contribution in [3.05, 3.63) is 47.2 Å². The van der Waals surface area contributed by atoms with Crippen LogP contribution in [0.25, 0.3) is 11.4 Å². The van der Waals surface area contributed by atoms with Gasteiger partial charge in [-0.25, -0.2) is 9.97 Å². The Kier molecular flexibility index (Phi) is 5.05. The predicted molar refractivity (Wildman–Crippen MR) is 94.5 cm³/mol. The van der Waals surface area contributed by atoms with Crippen LogP contribution < -0.4 is 0 Å². The lowest BCUT2D eigenvalue weighted by molar-refractivity contribution is 0.275. The number of hydrogen-bond acceptors (Lipinski definition) is 3. The van der Waals surface area contributed by atoms with Crippen LogP contribution in [0.2, 0.25) is 23.2 Å². The van der Waals surface area contributed by atoms with Crippen LogP contribution >= 0.6 is 11.6 Å². The van der Waals surface area contributed by atoms with E-state index in [9.17, 15) is 0 Å². The maximum absolute atomic E-state index is 6.18. The van der Waals surface area contributed by atoms with Gasteiger partial charge in [0.2, 0.25) is 0 Å². The summed E-state index contributed by atoms with van der Waals surface area (Å²) in [5.74, 6) is 0.679. The third-order valence-corrected chi connectivity index (χ3v) is 8.91. The van der Waals surface area contributed by atoms with E-state index in [-0.39, 0.29) is 5.04 Å². The van der Waals surface area contributed by atoms with Crippen molar-refractivity contribution >= 4 is 19.9 Å². The van der Waals surface area contributed by atoms with Gasteiger partial charge in [0.05, 0.1) is 6.61 Å². The molecule has 5 heteroatoms. The fourth-order valence-electron chi connectivity index (χ4n) is 1.69. The Balaban J connectivity index is 2.07. The molecule has 0 amide bonds. The molecule has 118 valence electrons. The van der Waals surface area contributed by atoms with Crippen LogP contribution in [-0.4, -0.2) is 18.3 Å². The largest absolute Gasteiger partial charge is 0.412 e. The third kappa shape index (κ3) is 4.15. The maximum atomic E-state index is 6.18. The molecule has 0 aliphatic carbocycles. The smallest absolute Gasteiger partial charge is 0.192 e. The Hall–Kier alpha value is -1.23. The van der Waals surface area contributed by atoms with Gasteiger partial charge in [-0.15, -0.1) is 0 Å². The van der Waals surface area contributed by atoms with Crippen molar-refractivity contribution in [1.82, 2.24) is 9.97 Å². The summed E-state index contributed by atoms with van der Waals surface area (Å²) in [6.07, 6.45) is 3.66. The summed E-state index contributed by atoms with van der Waals surface area (Å²) in [5.41, 5.74) is 1.92. The highest BCUT2D eigenvalue weighted by molar-refractivity contribution is 6.74. The van der Waals surface area contributed by atoms with Gasteiger partial charge in [-0.2, -0.15) is 0 Å². The van der Waals surface area contributed by atoms with Crippen LogP contribution in [0.15, 0.2) is 36.7 Å². The first-order valence-corrected chi connectivity index (χ1v) is 10.7. The number of benzene rings is 1. The zero-order chi connectivity index (χ0) is 16.4. The molecule has 22 heavy (non-hydrogen) atoms. The highest BCUT2D eigenvalue weighted by Gasteiger charge is 2.37. The van der Waals surface area contributed by atoms with Gasteiger partial charge in [0, 0.05) is 28.5 Å². The van der Waals surface area contributed by atoms with Crippen molar-refractivity contribution in [2.45, 2.75) is 45.5 Å². The van der Waals surface area contributed by atoms with E-state index in [4.69, 9.17) is 16.0 Å². The first-order chi connectivity index (χ1) is 10.2. The molecule has 1 heterocycles. The molecule has 2 aromatic rings. The van der Waals surface area contributed by atoms with Crippen molar-refractivity contribution in [2.24, 2.45) is 0 Å². The minimum Gasteiger partial charge on any atom is -0.412 e. The number of nitrogens with zero attached hydrogens (tertiary/aromatic N) is 2. The molecule has 3 nitrogen and oxygen atoms in total. The molecular formula is C17H23ClN2OSi. The molecule has 0 radical (unpaired) electrons. The summed E-state index contributed by atoms with van der Waals surface area (Å²) in [5, 5.41) is 0.889. The van der Waals surface area contributed by atoms with Gasteiger partial charge >= 0.3 is 0 Å². The fourth-order valence-corrected chi connectivity index (χ4v) is 2.84. The van der Waals surface area contributed by atoms with E-state index in [0.717, 1.165) is 11.1 Å². The molecular weight excluding hydrogens is 312 g/mol. The van der Waals surface area contributed by atoms with Crippen molar-refractivity contribution in [1.29, 1.82) is 0 Å². The van der Waals surface area contributed by atoms with Crippen LogP contribution in [0.3, 0.4) is 0 Å². The molecule has 1 aromatic carbocycles. The predicted octanol–water partition coefficient (Wildman–Crippen LogP) is 5.32. The van der Waals surface area contributed by atoms with E-state index in [1.165, 1.54) is 0 Å². The van der Waals surface area contributed by atoms with Crippen LogP contribution in [-0.2, 0) is 11.0 Å². The van der Waals surface area contributed by atoms with Crippen LogP contribution in [0.4, 0.5) is 0 Å². The molecule has 0 saturated carbocycles. The monoisotopic (exact) mass is 334 g/mol. The summed E-state index contributed by atoms with van der Waals surface area (Å²) in [6.45, 7) is 11.8. The average Bonchev–Trinajstić information content (AvgIpc) is 2.44. The molecule has 0 atom stereocenters. The van der Waals surface area contributed by atoms with E-state index in [1.54, 1.807) is 0 Å². The molecule has 0 N–H and O–H groups in total. The quantitative estimate of drug-likeness (QED) is 0.710. The molecule has 0 saturated heterocycles. The van der Waals surface area contributed by atoms with Gasteiger partial charge in [-0.05, 0) is 30.3 Å². The van der Waals surface area contributed by atoms with Gasteiger partial charge in [0.1, 0.15) is 0 Å². The standard InChI is InChI=1S/C17H23ClN2OSi/c1-17(2,3)22(4,5)21-12-13-10-19-16(20-11-13)14-7-6-8-15(18)9-14/h6-11H,12H2,1-5H3. The molecule has 0 unspecified atom stereocenters. The second-order valence-electron chi connectivity index (χ2n) is 6.97. The summed E-state index contributed by atoms with van der Waals surface area (Å²) >= 11 is 6.00. The van der Waals surface area contributed by atoms with Gasteiger partial charge < -0.3 is 4.43 Å². The van der Waals surface area contributed by atoms with Crippen LogP contribution in [0, 0.1) is 0 Å². The van der Waals surface area contributed by atoms with Gasteiger partial charge in [0.15, 0.2) is 14.1 Å². The van der Waals surface area contributed by atoms with Crippen LogP contribution in [0.5, 0.6) is 0 Å². The van der Waals surface area contributed by atoms with Gasteiger partial charge in [-0.3, -0.25) is 0 Å². The summed E-state index contributed by atoms with van der Waals surface area (Å²) in [4.78, 5) is 8.84. The van der Waals surface area contributed by atoms with Gasteiger partial charge in [-0.1, -0.05) is 44.5 Å². The van der Waals surface area contributed by atoms with E-state index in [2.05, 4.69) is 43.8 Å². The Morgan fingerprint density at radius 1 is 1.14 bits per heavy atom. The Morgan fingerprint density at radius 2 is 1.77 bits per heavy atom. The molecule has 0 aliphatic rings. The Bertz CT molecular complexity index is 636. The Morgan fingerprint density at radius 3 is 2.32 bits per heavy atom. The lowest BCUT2D eigenvalue weighted by atomic mass is 10.2. The van der Waals surface area contributed by atoms with E-state index < -0.39 is 8.32 Å². The molecule has 0 bridgehead atoms. The second kappa shape index (κ2) is 6.48. The molecule has 0 fully saturated rings. The molecule has 2 rings (SSSR count). The van der Waals surface area contributed by atoms with E-state index in [0.29, 0.717) is 17.5 Å². The minimum absolute atomic E-state index is 0.203. The fraction of sp³-hybridized carbons (Fsp3) is 0.412. The number of aromatic nitrogens is 2. The molecule has 0 spiro atoms. The summed E-state index contributed by atoms with van der Waals surface area (Å²) in [7, 11) is -1.75. The summed E-state index contributed by atoms with van der Waals surface area (Å²) in [6, 6.07) is 7.55. The normalized spacial score (nSPS) is 12.5. The van der Waals surface area contributed by atoms with Crippen LogP contribution in [0.1, 0.15) is 26.3 Å². The topological polar surface area (TPSA) is 35.0 Å². The lowest BCUT2D eigenvalue weighted by Gasteiger charge is -2.36. The maximum Gasteiger partial charge on any atom is 0.192 e. The Labute approximate surface area is 138 Å². The van der Waals surface area contributed by atoms with Crippen molar-refractivity contribution in [3.63, 3.8) is 0 Å². The highest BCUT2D eigenvalue weighted by atomic mass is 35.5. The van der Waals surface area contributed by atoms with Crippen molar-refractivity contribution < 1.29 is 4.43 Å². The van der Waals surface area contributed by atoms with E-state index >= 15 is 0 Å². The first-order valence-electron chi connectivity index (χ1n) is 7.40. The number of halogens is 1. The minimum atomic E-state index is -1.75. The highest BCUT2D eigenvalue weighted by Crippen LogP contribution is 2.37. The first kappa shape index (κ1) is 17.1. The number of rotatable bonds is 4. The SMILES string of the molecule is CC(C)(C)[Si](C)(C)OCc1cnc(-c2cccc(Cl)c2)nc1. The third-order valence-electron chi connectivity index (χ3n) is 4.19. The second-order valence-corrected chi connectivity index (χ2v) is 12.2. The zero-order valence-electron chi connectivity index (χ0n) is 13.9. The molecule has 0 aliphatic heterocycles. The average molecular weight is 335 g/mol. The number of hydrogen-bond donors (Lipinski definition) is 0. The van der Waals surface area contributed by atoms with Crippen molar-refractivity contribution in [3.8, 4) is 11.4 Å². The van der Waals surface area contributed by atoms with E-state index in [1.807, 2.05) is 36.7 Å². The van der Waals surface area contributed by atoms with Gasteiger partial charge in [0.25, 0.3) is 0 Å². The van der Waals surface area contributed by atoms with Crippen molar-refractivity contribution in [2.75, 3.05) is 0 Å². The zero-order valence-corrected chi connectivity index (χ0v) is 15.6. The summed E-state index contributed by atoms with van der Waals surface area (Å²) < 4.78 is 6.18.